The predicted molar refractivity (Wildman–Crippen MR) is 101 cm³/mol. The molecule has 3 aromatic rings. The highest BCUT2D eigenvalue weighted by atomic mass is 19.4. The number of hydrogen-bond acceptors (Lipinski definition) is 3. The number of rotatable bonds is 3. The Kier molecular flexibility index (Phi) is 5.10. The van der Waals surface area contributed by atoms with Crippen molar-refractivity contribution >= 4 is 5.82 Å². The zero-order chi connectivity index (χ0) is 20.5. The highest BCUT2D eigenvalue weighted by Crippen LogP contribution is 2.33. The van der Waals surface area contributed by atoms with E-state index < -0.39 is 17.6 Å². The summed E-state index contributed by atoms with van der Waals surface area (Å²) in [5.41, 5.74) is 0.152. The molecule has 3 rings (SSSR count). The van der Waals surface area contributed by atoms with Gasteiger partial charge in [-0.15, -0.1) is 0 Å². The fourth-order valence-corrected chi connectivity index (χ4v) is 2.71. The average molecular weight is 389 g/mol. The van der Waals surface area contributed by atoms with Crippen molar-refractivity contribution in [3.8, 4) is 22.4 Å². The van der Waals surface area contributed by atoms with Gasteiger partial charge in [-0.2, -0.15) is 13.2 Å². The quantitative estimate of drug-likeness (QED) is 0.544. The van der Waals surface area contributed by atoms with Crippen LogP contribution in [-0.4, -0.2) is 15.5 Å². The Balaban J connectivity index is 1.93. The summed E-state index contributed by atoms with van der Waals surface area (Å²) in [5.74, 6) is 0.00337. The molecule has 0 spiro atoms. The summed E-state index contributed by atoms with van der Waals surface area (Å²) < 4.78 is 53.2. The van der Waals surface area contributed by atoms with Crippen LogP contribution >= 0.6 is 0 Å². The number of nitrogens with one attached hydrogen (secondary N) is 1. The van der Waals surface area contributed by atoms with Gasteiger partial charge in [-0.05, 0) is 44.5 Å². The lowest BCUT2D eigenvalue weighted by Crippen LogP contribution is -2.26. The second-order valence-corrected chi connectivity index (χ2v) is 7.40. The summed E-state index contributed by atoms with van der Waals surface area (Å²) in [4.78, 5) is 8.52. The van der Waals surface area contributed by atoms with Crippen molar-refractivity contribution in [2.24, 2.45) is 0 Å². The third-order valence-corrected chi connectivity index (χ3v) is 3.95. The summed E-state index contributed by atoms with van der Waals surface area (Å²) in [7, 11) is 0. The van der Waals surface area contributed by atoms with Crippen molar-refractivity contribution in [1.29, 1.82) is 0 Å². The van der Waals surface area contributed by atoms with Gasteiger partial charge in [0.15, 0.2) is 0 Å². The van der Waals surface area contributed by atoms with Crippen molar-refractivity contribution in [3.63, 3.8) is 0 Å². The molecule has 0 unspecified atom stereocenters. The van der Waals surface area contributed by atoms with Gasteiger partial charge in [-0.1, -0.05) is 24.3 Å². The molecule has 1 heterocycles. The minimum atomic E-state index is -4.43. The summed E-state index contributed by atoms with van der Waals surface area (Å²) in [6.07, 6.45) is -1.45. The van der Waals surface area contributed by atoms with Crippen molar-refractivity contribution < 1.29 is 17.6 Å². The first-order chi connectivity index (χ1) is 13.0. The molecule has 0 amide bonds. The third kappa shape index (κ3) is 4.47. The molecule has 0 aliphatic rings. The molecule has 0 bridgehead atoms. The van der Waals surface area contributed by atoms with Gasteiger partial charge in [0.05, 0.1) is 23.7 Å². The Morgan fingerprint density at radius 2 is 1.46 bits per heavy atom. The predicted octanol–water partition coefficient (Wildman–Crippen LogP) is 6.18. The molecular formula is C21H19F4N3. The molecule has 0 radical (unpaired) electrons. The first-order valence-corrected chi connectivity index (χ1v) is 8.61. The summed E-state index contributed by atoms with van der Waals surface area (Å²) >= 11 is 0. The van der Waals surface area contributed by atoms with Gasteiger partial charge in [-0.3, -0.25) is 4.98 Å². The lowest BCUT2D eigenvalue weighted by atomic mass is 9.99. The number of hydrogen-bond donors (Lipinski definition) is 1. The van der Waals surface area contributed by atoms with Crippen LogP contribution in [0, 0.1) is 5.82 Å². The Morgan fingerprint density at radius 3 is 2.00 bits per heavy atom. The third-order valence-electron chi connectivity index (χ3n) is 3.95. The van der Waals surface area contributed by atoms with Gasteiger partial charge in [0.1, 0.15) is 11.6 Å². The maximum Gasteiger partial charge on any atom is 0.416 e. The highest BCUT2D eigenvalue weighted by molar-refractivity contribution is 5.72. The summed E-state index contributed by atoms with van der Waals surface area (Å²) in [6.45, 7) is 5.95. The molecule has 0 saturated carbocycles. The van der Waals surface area contributed by atoms with E-state index >= 15 is 4.39 Å². The van der Waals surface area contributed by atoms with Crippen LogP contribution in [0.3, 0.4) is 0 Å². The average Bonchev–Trinajstić information content (AvgIpc) is 2.61. The first kappa shape index (κ1) is 19.8. The molecule has 0 saturated heterocycles. The Bertz CT molecular complexity index is 957. The minimum Gasteiger partial charge on any atom is -0.364 e. The van der Waals surface area contributed by atoms with E-state index in [4.69, 9.17) is 0 Å². The van der Waals surface area contributed by atoms with Crippen LogP contribution in [0.15, 0.2) is 54.9 Å². The Labute approximate surface area is 160 Å². The van der Waals surface area contributed by atoms with Crippen molar-refractivity contribution in [3.05, 3.63) is 66.2 Å². The van der Waals surface area contributed by atoms with Gasteiger partial charge in [0, 0.05) is 16.7 Å². The topological polar surface area (TPSA) is 37.8 Å². The molecule has 0 aliphatic carbocycles. The van der Waals surface area contributed by atoms with E-state index in [9.17, 15) is 13.2 Å². The van der Waals surface area contributed by atoms with Crippen LogP contribution in [-0.2, 0) is 6.18 Å². The minimum absolute atomic E-state index is 0.191. The smallest absolute Gasteiger partial charge is 0.364 e. The molecule has 0 aliphatic heterocycles. The first-order valence-electron chi connectivity index (χ1n) is 8.61. The van der Waals surface area contributed by atoms with Crippen LogP contribution in [0.2, 0.25) is 0 Å². The number of nitrogens with zero attached hydrogens (tertiary/aromatic N) is 2. The monoisotopic (exact) mass is 389 g/mol. The van der Waals surface area contributed by atoms with Crippen LogP contribution in [0.25, 0.3) is 22.4 Å². The number of halogens is 4. The van der Waals surface area contributed by atoms with Crippen molar-refractivity contribution in [2.45, 2.75) is 32.5 Å². The molecule has 7 heteroatoms. The van der Waals surface area contributed by atoms with Crippen molar-refractivity contribution in [1.82, 2.24) is 9.97 Å². The van der Waals surface area contributed by atoms with Crippen molar-refractivity contribution in [2.75, 3.05) is 5.32 Å². The maximum atomic E-state index is 15.0. The Morgan fingerprint density at radius 1 is 0.821 bits per heavy atom. The van der Waals surface area contributed by atoms with Gasteiger partial charge >= 0.3 is 6.18 Å². The molecular weight excluding hydrogens is 370 g/mol. The second kappa shape index (κ2) is 7.22. The maximum absolute atomic E-state index is 15.0. The highest BCUT2D eigenvalue weighted by Gasteiger charge is 2.30. The van der Waals surface area contributed by atoms with E-state index in [1.54, 1.807) is 12.1 Å². The van der Waals surface area contributed by atoms with Crippen LogP contribution in [0.5, 0.6) is 0 Å². The fourth-order valence-electron chi connectivity index (χ4n) is 2.71. The summed E-state index contributed by atoms with van der Waals surface area (Å²) in [6, 6.07) is 9.10. The van der Waals surface area contributed by atoms with Gasteiger partial charge in [-0.25, -0.2) is 9.37 Å². The van der Waals surface area contributed by atoms with Crippen LogP contribution in [0.4, 0.5) is 23.4 Å². The number of anilines is 1. The normalized spacial score (nSPS) is 12.1. The summed E-state index contributed by atoms with van der Waals surface area (Å²) in [5, 5.41) is 3.17. The number of benzene rings is 2. The van der Waals surface area contributed by atoms with Gasteiger partial charge in [0.2, 0.25) is 0 Å². The second-order valence-electron chi connectivity index (χ2n) is 7.40. The molecule has 3 nitrogen and oxygen atoms in total. The molecule has 146 valence electrons. The lowest BCUT2D eigenvalue weighted by molar-refractivity contribution is -0.137. The van der Waals surface area contributed by atoms with E-state index in [0.29, 0.717) is 17.1 Å². The molecule has 28 heavy (non-hydrogen) atoms. The number of alkyl halides is 3. The number of aromatic nitrogens is 2. The molecule has 0 fully saturated rings. The standard InChI is InChI=1S/C21H19F4N3/c1-20(2,3)28-18-12-26-17(11-27-18)16-6-4-5-15(19(16)22)13-7-9-14(10-8-13)21(23,24)25/h4-12H,1-3H3,(H,27,28). The largest absolute Gasteiger partial charge is 0.416 e. The molecule has 1 N–H and O–H groups in total. The van der Waals surface area contributed by atoms with E-state index in [-0.39, 0.29) is 16.7 Å². The van der Waals surface area contributed by atoms with E-state index in [1.807, 2.05) is 20.8 Å². The zero-order valence-electron chi connectivity index (χ0n) is 15.6. The van der Waals surface area contributed by atoms with Gasteiger partial charge < -0.3 is 5.32 Å². The van der Waals surface area contributed by atoms with Crippen LogP contribution in [0.1, 0.15) is 26.3 Å². The van der Waals surface area contributed by atoms with Crippen LogP contribution < -0.4 is 5.32 Å². The van der Waals surface area contributed by atoms with E-state index in [1.165, 1.54) is 30.6 Å². The Hall–Kier alpha value is -2.96. The lowest BCUT2D eigenvalue weighted by Gasteiger charge is -2.20. The fraction of sp³-hybridized carbons (Fsp3) is 0.238. The van der Waals surface area contributed by atoms with Gasteiger partial charge in [0.25, 0.3) is 0 Å². The van der Waals surface area contributed by atoms with E-state index in [0.717, 1.165) is 12.1 Å². The molecule has 2 aromatic carbocycles. The zero-order valence-corrected chi connectivity index (χ0v) is 15.6. The molecule has 0 atom stereocenters. The molecule has 1 aromatic heterocycles. The van der Waals surface area contributed by atoms with E-state index in [2.05, 4.69) is 15.3 Å². The SMILES string of the molecule is CC(C)(C)Nc1cnc(-c2cccc(-c3ccc(C(F)(F)F)cc3)c2F)cn1.